The topological polar surface area (TPSA) is 0 Å². The Morgan fingerprint density at radius 2 is 1.65 bits per heavy atom. The molecule has 2 aromatic carbocycles. The van der Waals surface area contributed by atoms with Gasteiger partial charge in [-0.3, -0.25) is 0 Å². The lowest BCUT2D eigenvalue weighted by molar-refractivity contribution is 0.611. The van der Waals surface area contributed by atoms with Gasteiger partial charge in [0.15, 0.2) is 0 Å². The van der Waals surface area contributed by atoms with E-state index in [-0.39, 0.29) is 11.6 Å². The summed E-state index contributed by atoms with van der Waals surface area (Å²) in [5.74, 6) is -0.426. The quantitative estimate of drug-likeness (QED) is 0.729. The fourth-order valence-electron chi connectivity index (χ4n) is 1.83. The zero-order valence-electron chi connectivity index (χ0n) is 9.93. The van der Waals surface area contributed by atoms with Gasteiger partial charge in [-0.15, -0.1) is 0 Å². The predicted octanol–water partition coefficient (Wildman–Crippen LogP) is 4.17. The van der Waals surface area contributed by atoms with Crippen molar-refractivity contribution >= 4 is 0 Å². The predicted molar refractivity (Wildman–Crippen MR) is 65.1 cm³/mol. The zero-order valence-corrected chi connectivity index (χ0v) is 9.93. The molecule has 0 fully saturated rings. The summed E-state index contributed by atoms with van der Waals surface area (Å²) in [5, 5.41) is 0. The molecule has 0 saturated heterocycles. The molecule has 0 heterocycles. The number of hydrogen-bond donors (Lipinski definition) is 0. The summed E-state index contributed by atoms with van der Waals surface area (Å²) < 4.78 is 26.7. The molecule has 0 aliphatic heterocycles. The molecule has 0 nitrogen and oxygen atoms in total. The molecule has 0 unspecified atom stereocenters. The van der Waals surface area contributed by atoms with E-state index in [9.17, 15) is 8.78 Å². The van der Waals surface area contributed by atoms with Crippen LogP contribution in [-0.4, -0.2) is 0 Å². The average Bonchev–Trinajstić information content (AvgIpc) is 2.27. The molecule has 0 N–H and O–H groups in total. The summed E-state index contributed by atoms with van der Waals surface area (Å²) in [6.45, 7) is 3.57. The number of hydrogen-bond acceptors (Lipinski definition) is 0. The second kappa shape index (κ2) is 4.66. The molecule has 88 valence electrons. The van der Waals surface area contributed by atoms with Crippen molar-refractivity contribution in [3.63, 3.8) is 0 Å². The van der Waals surface area contributed by atoms with E-state index in [1.807, 2.05) is 13.0 Å². The Balaban J connectivity index is 2.28. The molecule has 0 bridgehead atoms. The average molecular weight is 232 g/mol. The summed E-state index contributed by atoms with van der Waals surface area (Å²) in [4.78, 5) is 0. The van der Waals surface area contributed by atoms with Crippen molar-refractivity contribution in [1.29, 1.82) is 0 Å². The van der Waals surface area contributed by atoms with Gasteiger partial charge >= 0.3 is 0 Å². The molecule has 0 aliphatic rings. The van der Waals surface area contributed by atoms with Gasteiger partial charge in [0, 0.05) is 6.42 Å². The van der Waals surface area contributed by atoms with Gasteiger partial charge in [0.2, 0.25) is 0 Å². The highest BCUT2D eigenvalue weighted by Crippen LogP contribution is 2.17. The Bertz CT molecular complexity index is 545. The monoisotopic (exact) mass is 232 g/mol. The lowest BCUT2D eigenvalue weighted by Gasteiger charge is -2.06. The van der Waals surface area contributed by atoms with Crippen molar-refractivity contribution < 1.29 is 8.78 Å². The second-order valence-corrected chi connectivity index (χ2v) is 4.36. The number of benzene rings is 2. The van der Waals surface area contributed by atoms with Crippen LogP contribution in [0.4, 0.5) is 8.78 Å². The fraction of sp³-hybridized carbons (Fsp3) is 0.200. The first-order valence-electron chi connectivity index (χ1n) is 5.56. The van der Waals surface area contributed by atoms with E-state index < -0.39 is 0 Å². The lowest BCUT2D eigenvalue weighted by Crippen LogP contribution is -1.94. The minimum absolute atomic E-state index is 0.202. The summed E-state index contributed by atoms with van der Waals surface area (Å²) in [5.41, 5.74) is 3.06. The molecule has 0 saturated carbocycles. The molecule has 2 rings (SSSR count). The van der Waals surface area contributed by atoms with Crippen LogP contribution in [0.15, 0.2) is 36.4 Å². The number of aryl methyl sites for hydroxylation is 2. The Morgan fingerprint density at radius 1 is 0.882 bits per heavy atom. The third kappa shape index (κ3) is 2.70. The standard InChI is InChI=1S/C15H14F2/c1-10-3-5-13(15(17)7-10)9-12-4-6-14(16)11(2)8-12/h3-8H,9H2,1-2H3. The Morgan fingerprint density at radius 3 is 2.29 bits per heavy atom. The van der Waals surface area contributed by atoms with Crippen LogP contribution >= 0.6 is 0 Å². The number of halogens is 2. The number of rotatable bonds is 2. The molecule has 0 aromatic heterocycles. The van der Waals surface area contributed by atoms with Crippen LogP contribution in [-0.2, 0) is 6.42 Å². The van der Waals surface area contributed by atoms with E-state index in [4.69, 9.17) is 0 Å². The van der Waals surface area contributed by atoms with Gasteiger partial charge < -0.3 is 0 Å². The Kier molecular flexibility index (Phi) is 3.23. The van der Waals surface area contributed by atoms with Gasteiger partial charge in [-0.05, 0) is 48.2 Å². The normalized spacial score (nSPS) is 10.6. The van der Waals surface area contributed by atoms with Crippen LogP contribution < -0.4 is 0 Å². The van der Waals surface area contributed by atoms with Gasteiger partial charge in [0.05, 0.1) is 0 Å². The van der Waals surface area contributed by atoms with E-state index >= 15 is 0 Å². The summed E-state index contributed by atoms with van der Waals surface area (Å²) in [6.07, 6.45) is 0.493. The first-order valence-corrected chi connectivity index (χ1v) is 5.56. The molecule has 17 heavy (non-hydrogen) atoms. The van der Waals surface area contributed by atoms with Gasteiger partial charge in [0.25, 0.3) is 0 Å². The highest BCUT2D eigenvalue weighted by Gasteiger charge is 2.05. The van der Waals surface area contributed by atoms with Crippen molar-refractivity contribution in [2.24, 2.45) is 0 Å². The van der Waals surface area contributed by atoms with Crippen LogP contribution in [0.2, 0.25) is 0 Å². The van der Waals surface area contributed by atoms with Crippen molar-refractivity contribution in [1.82, 2.24) is 0 Å². The first-order chi connectivity index (χ1) is 8.06. The molecule has 2 heteroatoms. The smallest absolute Gasteiger partial charge is 0.126 e. The molecule has 0 radical (unpaired) electrons. The lowest BCUT2D eigenvalue weighted by atomic mass is 10.0. The zero-order chi connectivity index (χ0) is 12.4. The van der Waals surface area contributed by atoms with Crippen molar-refractivity contribution in [3.05, 3.63) is 70.3 Å². The molecule has 0 atom stereocenters. The largest absolute Gasteiger partial charge is 0.207 e. The minimum Gasteiger partial charge on any atom is -0.207 e. The van der Waals surface area contributed by atoms with Crippen LogP contribution in [0, 0.1) is 25.5 Å². The van der Waals surface area contributed by atoms with E-state index in [2.05, 4.69) is 0 Å². The van der Waals surface area contributed by atoms with Gasteiger partial charge in [-0.2, -0.15) is 0 Å². The maximum Gasteiger partial charge on any atom is 0.126 e. The molecule has 0 spiro atoms. The maximum absolute atomic E-state index is 13.6. The van der Waals surface area contributed by atoms with Gasteiger partial charge in [0.1, 0.15) is 11.6 Å². The Hall–Kier alpha value is -1.70. The van der Waals surface area contributed by atoms with Crippen molar-refractivity contribution in [2.45, 2.75) is 20.3 Å². The maximum atomic E-state index is 13.6. The van der Waals surface area contributed by atoms with Gasteiger partial charge in [-0.1, -0.05) is 24.3 Å². The van der Waals surface area contributed by atoms with E-state index in [0.29, 0.717) is 17.5 Å². The molecular weight excluding hydrogens is 218 g/mol. The molecule has 2 aromatic rings. The van der Waals surface area contributed by atoms with E-state index in [0.717, 1.165) is 11.1 Å². The van der Waals surface area contributed by atoms with Crippen molar-refractivity contribution in [3.8, 4) is 0 Å². The highest BCUT2D eigenvalue weighted by molar-refractivity contribution is 5.32. The SMILES string of the molecule is Cc1ccc(Cc2ccc(F)c(C)c2)c(F)c1. The summed E-state index contributed by atoms with van der Waals surface area (Å²) >= 11 is 0. The minimum atomic E-state index is -0.224. The van der Waals surface area contributed by atoms with Crippen LogP contribution in [0.3, 0.4) is 0 Å². The Labute approximate surface area is 99.9 Å². The molecule has 0 amide bonds. The second-order valence-electron chi connectivity index (χ2n) is 4.36. The third-order valence-corrected chi connectivity index (χ3v) is 2.83. The summed E-state index contributed by atoms with van der Waals surface area (Å²) in [6, 6.07) is 10.1. The fourth-order valence-corrected chi connectivity index (χ4v) is 1.83. The summed E-state index contributed by atoms with van der Waals surface area (Å²) in [7, 11) is 0. The van der Waals surface area contributed by atoms with Crippen LogP contribution in [0.1, 0.15) is 22.3 Å². The molecule has 0 aliphatic carbocycles. The molecular formula is C15H14F2. The van der Waals surface area contributed by atoms with E-state index in [1.165, 1.54) is 12.1 Å². The van der Waals surface area contributed by atoms with Crippen LogP contribution in [0.25, 0.3) is 0 Å². The van der Waals surface area contributed by atoms with Gasteiger partial charge in [-0.25, -0.2) is 8.78 Å². The first kappa shape index (κ1) is 11.8. The van der Waals surface area contributed by atoms with E-state index in [1.54, 1.807) is 25.1 Å². The van der Waals surface area contributed by atoms with Crippen LogP contribution in [0.5, 0.6) is 0 Å². The highest BCUT2D eigenvalue weighted by atomic mass is 19.1. The third-order valence-electron chi connectivity index (χ3n) is 2.83. The van der Waals surface area contributed by atoms with Crippen molar-refractivity contribution in [2.75, 3.05) is 0 Å².